The van der Waals surface area contributed by atoms with Gasteiger partial charge in [-0.25, -0.2) is 4.79 Å². The average molecular weight is 569 g/mol. The summed E-state index contributed by atoms with van der Waals surface area (Å²) in [6.45, 7) is 33.4. The highest BCUT2D eigenvalue weighted by atomic mass is 16.5. The molecule has 0 atom stereocenters. The second kappa shape index (κ2) is 13.0. The van der Waals surface area contributed by atoms with E-state index in [1.54, 1.807) is 7.11 Å². The van der Waals surface area contributed by atoms with Crippen molar-refractivity contribution in [1.29, 1.82) is 0 Å². The van der Waals surface area contributed by atoms with Gasteiger partial charge in [-0.1, -0.05) is 20.4 Å². The van der Waals surface area contributed by atoms with E-state index >= 15 is 0 Å². The van der Waals surface area contributed by atoms with Crippen LogP contribution in [0.2, 0.25) is 0 Å². The molecule has 0 aromatic heterocycles. The molecular formula is C39H52O3. The topological polar surface area (TPSA) is 35.5 Å². The van der Waals surface area contributed by atoms with E-state index in [-0.39, 0.29) is 13.2 Å². The SMILES string of the molecule is C=C(COC)C(=O)OCc1c(C)c(-c2c(C)c(C)c(CC)c(C)c2C)c(C)c(C)c1-c1c(C)c(C)c(CC)c(C)c1C. The number of hydrogen-bond acceptors (Lipinski definition) is 3. The summed E-state index contributed by atoms with van der Waals surface area (Å²) in [5.41, 5.74) is 23.6. The van der Waals surface area contributed by atoms with Crippen molar-refractivity contribution in [2.45, 2.75) is 109 Å². The predicted molar refractivity (Wildman–Crippen MR) is 179 cm³/mol. The number of rotatable bonds is 9. The van der Waals surface area contributed by atoms with Gasteiger partial charge in [0.1, 0.15) is 6.61 Å². The van der Waals surface area contributed by atoms with E-state index < -0.39 is 5.97 Å². The van der Waals surface area contributed by atoms with E-state index in [1.165, 1.54) is 94.6 Å². The highest BCUT2D eigenvalue weighted by Crippen LogP contribution is 2.46. The Morgan fingerprint density at radius 3 is 1.24 bits per heavy atom. The largest absolute Gasteiger partial charge is 0.457 e. The van der Waals surface area contributed by atoms with Gasteiger partial charge in [0, 0.05) is 12.7 Å². The van der Waals surface area contributed by atoms with Crippen LogP contribution in [-0.4, -0.2) is 19.7 Å². The van der Waals surface area contributed by atoms with Crippen LogP contribution < -0.4 is 0 Å². The molecular weight excluding hydrogens is 516 g/mol. The maximum atomic E-state index is 13.0. The minimum absolute atomic E-state index is 0.151. The molecule has 0 aliphatic rings. The van der Waals surface area contributed by atoms with Gasteiger partial charge < -0.3 is 9.47 Å². The Bertz CT molecular complexity index is 1520. The monoisotopic (exact) mass is 568 g/mol. The predicted octanol–water partition coefficient (Wildman–Crippen LogP) is 9.78. The fourth-order valence-corrected chi connectivity index (χ4v) is 7.18. The van der Waals surface area contributed by atoms with Crippen molar-refractivity contribution in [2.75, 3.05) is 13.7 Å². The van der Waals surface area contributed by atoms with E-state index in [0.717, 1.165) is 18.4 Å². The maximum Gasteiger partial charge on any atom is 0.336 e. The van der Waals surface area contributed by atoms with Gasteiger partial charge in [-0.3, -0.25) is 0 Å². The molecule has 0 fully saturated rings. The lowest BCUT2D eigenvalue weighted by molar-refractivity contribution is -0.140. The number of benzene rings is 3. The Balaban J connectivity index is 2.50. The third-order valence-electron chi connectivity index (χ3n) is 10.2. The summed E-state index contributed by atoms with van der Waals surface area (Å²) in [6, 6.07) is 0. The number of carbonyl (C=O) groups excluding carboxylic acids is 1. The first-order valence-corrected chi connectivity index (χ1v) is 15.3. The van der Waals surface area contributed by atoms with Crippen molar-refractivity contribution >= 4 is 5.97 Å². The van der Waals surface area contributed by atoms with Gasteiger partial charge in [0.2, 0.25) is 0 Å². The van der Waals surface area contributed by atoms with Gasteiger partial charge >= 0.3 is 5.97 Å². The zero-order valence-corrected chi connectivity index (χ0v) is 28.8. The summed E-state index contributed by atoms with van der Waals surface area (Å²) in [6.07, 6.45) is 2.03. The number of carbonyl (C=O) groups is 1. The third kappa shape index (κ3) is 5.49. The van der Waals surface area contributed by atoms with Crippen LogP contribution in [0.4, 0.5) is 0 Å². The van der Waals surface area contributed by atoms with Gasteiger partial charge in [0.05, 0.1) is 12.2 Å². The van der Waals surface area contributed by atoms with Crippen LogP contribution in [0.1, 0.15) is 91.7 Å². The molecule has 42 heavy (non-hydrogen) atoms. The van der Waals surface area contributed by atoms with Gasteiger partial charge in [-0.15, -0.1) is 0 Å². The molecule has 0 aliphatic carbocycles. The minimum Gasteiger partial charge on any atom is -0.457 e. The first-order chi connectivity index (χ1) is 19.7. The van der Waals surface area contributed by atoms with Crippen molar-refractivity contribution in [3.63, 3.8) is 0 Å². The van der Waals surface area contributed by atoms with Crippen LogP contribution in [0, 0.1) is 76.2 Å². The van der Waals surface area contributed by atoms with Crippen molar-refractivity contribution in [3.8, 4) is 22.3 Å². The molecule has 3 heteroatoms. The quantitative estimate of drug-likeness (QED) is 0.190. The van der Waals surface area contributed by atoms with Crippen molar-refractivity contribution in [3.05, 3.63) is 90.0 Å². The lowest BCUT2D eigenvalue weighted by Crippen LogP contribution is -2.14. The number of methoxy groups -OCH3 is 1. The van der Waals surface area contributed by atoms with E-state index in [1.807, 2.05) is 0 Å². The van der Waals surface area contributed by atoms with Gasteiger partial charge in [-0.2, -0.15) is 0 Å². The number of hydrogen-bond donors (Lipinski definition) is 0. The molecule has 0 unspecified atom stereocenters. The molecule has 0 N–H and O–H groups in total. The lowest BCUT2D eigenvalue weighted by atomic mass is 9.76. The first-order valence-electron chi connectivity index (χ1n) is 15.3. The van der Waals surface area contributed by atoms with Crippen LogP contribution in [0.15, 0.2) is 12.2 Å². The molecule has 0 spiro atoms. The second-order valence-corrected chi connectivity index (χ2v) is 12.1. The Morgan fingerprint density at radius 1 is 0.524 bits per heavy atom. The maximum absolute atomic E-state index is 13.0. The van der Waals surface area contributed by atoms with Gasteiger partial charge in [0.25, 0.3) is 0 Å². The lowest BCUT2D eigenvalue weighted by Gasteiger charge is -2.29. The first kappa shape index (κ1) is 33.3. The molecule has 0 saturated carbocycles. The molecule has 3 aromatic carbocycles. The van der Waals surface area contributed by atoms with Gasteiger partial charge in [-0.05, 0) is 184 Å². The highest BCUT2D eigenvalue weighted by Gasteiger charge is 2.27. The van der Waals surface area contributed by atoms with Crippen molar-refractivity contribution in [2.24, 2.45) is 0 Å². The summed E-state index contributed by atoms with van der Waals surface area (Å²) in [7, 11) is 1.56. The molecule has 0 amide bonds. The Hall–Kier alpha value is -3.17. The van der Waals surface area contributed by atoms with E-state index in [0.29, 0.717) is 5.57 Å². The minimum atomic E-state index is -0.421. The normalized spacial score (nSPS) is 11.3. The second-order valence-electron chi connectivity index (χ2n) is 12.1. The zero-order valence-electron chi connectivity index (χ0n) is 28.8. The number of esters is 1. The van der Waals surface area contributed by atoms with E-state index in [4.69, 9.17) is 9.47 Å². The van der Waals surface area contributed by atoms with Crippen LogP contribution >= 0.6 is 0 Å². The molecule has 226 valence electrons. The van der Waals surface area contributed by atoms with Gasteiger partial charge in [0.15, 0.2) is 0 Å². The van der Waals surface area contributed by atoms with E-state index in [9.17, 15) is 4.79 Å². The standard InChI is InChI=1S/C39H52O3/c1-16-32-21(4)25(8)35(26(9)22(32)5)37-29(12)30(13)38(34(31(37)14)19-42-39(40)20(3)18-41-15)36-27(10)23(6)33(17-2)24(7)28(36)11/h3,16-19H2,1-2,4-15H3. The molecule has 0 aliphatic heterocycles. The molecule has 0 bridgehead atoms. The fraction of sp³-hybridized carbons (Fsp3) is 0.462. The fourth-order valence-electron chi connectivity index (χ4n) is 7.18. The van der Waals surface area contributed by atoms with E-state index in [2.05, 4.69) is 96.6 Å². The molecule has 3 nitrogen and oxygen atoms in total. The van der Waals surface area contributed by atoms with Crippen LogP contribution in [0.25, 0.3) is 22.3 Å². The summed E-state index contributed by atoms with van der Waals surface area (Å²) in [5.74, 6) is -0.421. The smallest absolute Gasteiger partial charge is 0.336 e. The highest BCUT2D eigenvalue weighted by molar-refractivity contribution is 5.90. The summed E-state index contributed by atoms with van der Waals surface area (Å²) in [4.78, 5) is 13.0. The average Bonchev–Trinajstić information content (AvgIpc) is 2.95. The van der Waals surface area contributed by atoms with Crippen LogP contribution in [0.5, 0.6) is 0 Å². The zero-order chi connectivity index (χ0) is 31.8. The van der Waals surface area contributed by atoms with Crippen molar-refractivity contribution < 1.29 is 14.3 Å². The summed E-state index contributed by atoms with van der Waals surface area (Å²) < 4.78 is 11.1. The molecule has 0 radical (unpaired) electrons. The Labute approximate surface area is 255 Å². The Kier molecular flexibility index (Phi) is 10.3. The molecule has 0 saturated heterocycles. The van der Waals surface area contributed by atoms with Crippen LogP contribution in [-0.2, 0) is 33.7 Å². The Morgan fingerprint density at radius 2 is 0.857 bits per heavy atom. The van der Waals surface area contributed by atoms with Crippen molar-refractivity contribution in [1.82, 2.24) is 0 Å². The molecule has 0 heterocycles. The molecule has 3 aromatic rings. The number of ether oxygens (including phenoxy) is 2. The molecule has 3 rings (SSSR count). The van der Waals surface area contributed by atoms with Crippen LogP contribution in [0.3, 0.4) is 0 Å². The summed E-state index contributed by atoms with van der Waals surface area (Å²) in [5, 5.41) is 0. The third-order valence-corrected chi connectivity index (χ3v) is 10.2. The summed E-state index contributed by atoms with van der Waals surface area (Å²) >= 11 is 0.